The van der Waals surface area contributed by atoms with Gasteiger partial charge in [0.05, 0.1) is 36.4 Å². The summed E-state index contributed by atoms with van der Waals surface area (Å²) in [6.45, 7) is 11.8. The Morgan fingerprint density at radius 2 is 0.642 bits per heavy atom. The maximum absolute atomic E-state index is 14.9. The summed E-state index contributed by atoms with van der Waals surface area (Å²) in [4.78, 5) is 110. The van der Waals surface area contributed by atoms with Crippen LogP contribution in [0.15, 0.2) is 147 Å². The fraction of sp³-hybridized carbons (Fsp3) is 0.368. The number of amides is 6. The Hall–Kier alpha value is -8.21. The van der Waals surface area contributed by atoms with E-state index in [1.54, 1.807) is 0 Å². The second kappa shape index (κ2) is 30.4. The van der Waals surface area contributed by atoms with Crippen LogP contribution < -0.4 is 31.9 Å². The highest BCUT2D eigenvalue weighted by molar-refractivity contribution is 6.75. The number of aromatic nitrogens is 6. The highest BCUT2D eigenvalue weighted by Crippen LogP contribution is 2.25. The molecule has 6 N–H and O–H groups in total. The van der Waals surface area contributed by atoms with Crippen LogP contribution in [0.2, 0.25) is 0 Å². The molecule has 0 aliphatic carbocycles. The monoisotopic (exact) mass is 1100 g/mol. The molecule has 0 radical (unpaired) electrons. The van der Waals surface area contributed by atoms with E-state index in [0.717, 1.165) is 16.7 Å². The molecule has 3 aromatic carbocycles. The lowest BCUT2D eigenvalue weighted by Crippen LogP contribution is -2.69. The van der Waals surface area contributed by atoms with Gasteiger partial charge in [0.25, 0.3) is 17.7 Å². The normalized spacial score (nSPS) is 14.7. The summed E-state index contributed by atoms with van der Waals surface area (Å²) >= 11 is 0. The molecule has 6 atom stereocenters. The fourth-order valence-electron chi connectivity index (χ4n) is 9.27. The number of hydrogen-bond donors (Lipinski definition) is 6. The van der Waals surface area contributed by atoms with Crippen LogP contribution in [0, 0.1) is 17.8 Å². The van der Waals surface area contributed by atoms with Gasteiger partial charge in [-0.15, -0.1) is 0 Å². The number of carbonyl (C=O) groups is 6. The van der Waals surface area contributed by atoms with Crippen LogP contribution in [0.3, 0.4) is 0 Å². The van der Waals surface area contributed by atoms with E-state index in [2.05, 4.69) is 61.8 Å². The predicted molar refractivity (Wildman–Crippen MR) is 305 cm³/mol. The largest absolute Gasteiger partial charge is 0.453 e. The van der Waals surface area contributed by atoms with Crippen molar-refractivity contribution in [2.24, 2.45) is 17.8 Å². The van der Waals surface area contributed by atoms with Crippen molar-refractivity contribution in [2.45, 2.75) is 116 Å². The first-order valence-corrected chi connectivity index (χ1v) is 27.3. The molecule has 6 amide bonds. The summed E-state index contributed by atoms with van der Waals surface area (Å²) in [5.41, 5.74) is 2.35. The average molecular weight is 1100 g/mol. The minimum atomic E-state index is -1.31. The summed E-state index contributed by atoms with van der Waals surface area (Å²) in [6, 6.07) is 24.3. The minimum Gasteiger partial charge on any atom is -0.450 e. The van der Waals surface area contributed by atoms with Gasteiger partial charge in [-0.1, -0.05) is 133 Å². The van der Waals surface area contributed by atoms with E-state index in [4.69, 9.17) is 13.7 Å². The first-order valence-electron chi connectivity index (χ1n) is 27.3. The molecule has 4 heterocycles. The van der Waals surface area contributed by atoms with Gasteiger partial charge in [0, 0.05) is 56.4 Å². The van der Waals surface area contributed by atoms with Crippen molar-refractivity contribution >= 4 is 56.8 Å². The van der Waals surface area contributed by atoms with Crippen LogP contribution in [0.1, 0.15) is 109 Å². The summed E-state index contributed by atoms with van der Waals surface area (Å²) in [7, 11) is -3.92. The Kier molecular flexibility index (Phi) is 22.7. The van der Waals surface area contributed by atoms with Crippen LogP contribution in [0.25, 0.3) is 0 Å². The summed E-state index contributed by atoms with van der Waals surface area (Å²) < 4.78 is 20.6. The number of nitrogens with zero attached hydrogens (tertiary/aromatic N) is 6. The third-order valence-electron chi connectivity index (χ3n) is 13.1. The van der Waals surface area contributed by atoms with Crippen LogP contribution in [0.4, 0.5) is 0 Å². The third-order valence-corrected chi connectivity index (χ3v) is 13.1. The van der Waals surface area contributed by atoms with Gasteiger partial charge in [-0.3, -0.25) is 43.7 Å². The van der Waals surface area contributed by atoms with Crippen molar-refractivity contribution in [3.8, 4) is 0 Å². The molecule has 21 nitrogen and oxygen atoms in total. The third kappa shape index (κ3) is 19.0. The Balaban J connectivity index is 1.25. The molecule has 1 fully saturated rings. The molecule has 81 heavy (non-hydrogen) atoms. The van der Waals surface area contributed by atoms with Crippen molar-refractivity contribution in [3.63, 3.8) is 0 Å². The van der Waals surface area contributed by atoms with E-state index in [9.17, 15) is 28.8 Å². The van der Waals surface area contributed by atoms with E-state index in [1.807, 2.05) is 133 Å². The lowest BCUT2D eigenvalue weighted by molar-refractivity contribution is -0.124. The van der Waals surface area contributed by atoms with E-state index in [1.165, 1.54) is 55.8 Å². The predicted octanol–water partition coefficient (Wildman–Crippen LogP) is 4.22. The summed E-state index contributed by atoms with van der Waals surface area (Å²) in [5.74, 6) is -6.54. The molecule has 0 saturated carbocycles. The molecule has 1 saturated heterocycles. The highest BCUT2D eigenvalue weighted by atomic mass is 16.7. The number of hydrogen-bond acceptors (Lipinski definition) is 15. The highest BCUT2D eigenvalue weighted by Gasteiger charge is 2.52. The van der Waals surface area contributed by atoms with Gasteiger partial charge in [0.1, 0.15) is 35.2 Å². The molecule has 1 aliphatic heterocycles. The van der Waals surface area contributed by atoms with Crippen molar-refractivity contribution in [1.82, 2.24) is 61.8 Å². The van der Waals surface area contributed by atoms with Gasteiger partial charge in [0.2, 0.25) is 17.7 Å². The van der Waals surface area contributed by atoms with Crippen molar-refractivity contribution in [2.75, 3.05) is 0 Å². The Morgan fingerprint density at radius 3 is 0.864 bits per heavy atom. The second-order valence-electron chi connectivity index (χ2n) is 21.2. The molecule has 7 rings (SSSR count). The zero-order chi connectivity index (χ0) is 57.7. The zero-order valence-electron chi connectivity index (χ0n) is 46.4. The van der Waals surface area contributed by atoms with Gasteiger partial charge in [-0.25, -0.2) is 15.0 Å². The molecule has 6 aromatic rings. The van der Waals surface area contributed by atoms with Gasteiger partial charge < -0.3 is 45.6 Å². The fourth-order valence-corrected chi connectivity index (χ4v) is 9.27. The van der Waals surface area contributed by atoms with Gasteiger partial charge in [-0.05, 0) is 53.7 Å². The molecule has 6 unspecified atom stereocenters. The molecule has 3 aromatic heterocycles. The molecule has 1 aliphatic rings. The Bertz CT molecular complexity index is 2630. The van der Waals surface area contributed by atoms with E-state index >= 15 is 0 Å². The zero-order valence-corrected chi connectivity index (χ0v) is 46.4. The molecular formula is C57H69B3N12O9. The number of nitrogens with one attached hydrogen (secondary N) is 6. The number of carbonyl (C=O) groups excluding carboxylic acids is 6. The lowest BCUT2D eigenvalue weighted by Gasteiger charge is -2.41. The molecular weight excluding hydrogens is 1030 g/mol. The molecule has 420 valence electrons. The lowest BCUT2D eigenvalue weighted by atomic mass is 9.58. The topological polar surface area (TPSA) is 280 Å². The van der Waals surface area contributed by atoms with E-state index in [0.29, 0.717) is 0 Å². The van der Waals surface area contributed by atoms with Crippen molar-refractivity contribution in [1.29, 1.82) is 0 Å². The maximum atomic E-state index is 14.9. The van der Waals surface area contributed by atoms with E-state index < -0.39 is 92.7 Å². The standard InChI is InChI=1S/C57H69B3N12O9/c1-37(2)28-49(70-52(73)43(31-40-16-10-7-11-17-40)67-55(76)46-34-61-22-25-64-46)58-79-59(50(29-38(3)4)71-53(74)44(32-41-18-12-8-13-19-41)68-56(77)47-35-62-23-26-65-47)81-60(80-58)51(30-39(5)6)72-54(75)45(33-42-20-14-9-15-21-42)69-57(78)48-36-63-24-27-66-48/h7-27,34-39,43-45,49-51H,28-33H2,1-6H3,(H,67,76)(H,68,77)(H,69,78)(H,70,73)(H,71,74)(H,72,75). The second-order valence-corrected chi connectivity index (χ2v) is 21.2. The van der Waals surface area contributed by atoms with Gasteiger partial charge >= 0.3 is 21.4 Å². The smallest absolute Gasteiger partial charge is 0.450 e. The average Bonchev–Trinajstić information content (AvgIpc) is 3.50. The summed E-state index contributed by atoms with van der Waals surface area (Å²) in [5, 5.41) is 18.0. The number of rotatable bonds is 27. The molecule has 0 bridgehead atoms. The quantitative estimate of drug-likeness (QED) is 0.0394. The maximum Gasteiger partial charge on any atom is 0.453 e. The van der Waals surface area contributed by atoms with E-state index in [-0.39, 0.29) is 73.4 Å². The minimum absolute atomic E-state index is 0.0129. The Morgan fingerprint density at radius 1 is 0.383 bits per heavy atom. The Labute approximate surface area is 473 Å². The van der Waals surface area contributed by atoms with Crippen LogP contribution >= 0.6 is 0 Å². The first-order chi connectivity index (χ1) is 39.1. The SMILES string of the molecule is CC(C)CC(NC(=O)C(Cc1ccccc1)NC(=O)c1cnccn1)B1OB(C(CC(C)C)NC(=O)C(Cc2ccccc2)NC(=O)c2cnccn2)OB(C(CC(C)C)NC(=O)C(Cc2ccccc2)NC(=O)c2cnccn2)O1. The van der Waals surface area contributed by atoms with Gasteiger partial charge in [0.15, 0.2) is 0 Å². The summed E-state index contributed by atoms with van der Waals surface area (Å²) in [6.07, 6.45) is 13.6. The first kappa shape index (κ1) is 60.4. The van der Waals surface area contributed by atoms with Gasteiger partial charge in [-0.2, -0.15) is 0 Å². The number of benzene rings is 3. The van der Waals surface area contributed by atoms with Crippen LogP contribution in [-0.2, 0) is 47.4 Å². The van der Waals surface area contributed by atoms with Crippen molar-refractivity contribution < 1.29 is 42.5 Å². The van der Waals surface area contributed by atoms with Crippen LogP contribution in [-0.4, -0.2) is 123 Å². The molecule has 0 spiro atoms. The van der Waals surface area contributed by atoms with Crippen molar-refractivity contribution in [3.05, 3.63) is 181 Å². The van der Waals surface area contributed by atoms with Crippen LogP contribution in [0.5, 0.6) is 0 Å². The molecule has 24 heteroatoms.